The molecule has 1 aromatic rings. The molecule has 2 rings (SSSR count). The Labute approximate surface area is 95.6 Å². The molecule has 3 N–H and O–H groups in total. The van der Waals surface area contributed by atoms with Gasteiger partial charge in [0.1, 0.15) is 0 Å². The summed E-state index contributed by atoms with van der Waals surface area (Å²) >= 11 is 1.77. The Balaban J connectivity index is 2.07. The molecule has 0 aliphatic carbocycles. The van der Waals surface area contributed by atoms with E-state index in [1.54, 1.807) is 11.8 Å². The molecule has 0 spiro atoms. The van der Waals surface area contributed by atoms with Crippen molar-refractivity contribution in [1.29, 1.82) is 0 Å². The van der Waals surface area contributed by atoms with Gasteiger partial charge >= 0.3 is 0 Å². The lowest BCUT2D eigenvalue weighted by atomic mass is 9.93. The standard InChI is InChI=1S/C12H18N2S/c1-15-11-4-2-9(3-5-11)12(13)10-6-7-14-8-10/h2-5,10,12,14H,6-8,13H2,1H3. The molecule has 0 amide bonds. The Hall–Kier alpha value is -0.510. The molecule has 0 bridgehead atoms. The van der Waals surface area contributed by atoms with Crippen LogP contribution >= 0.6 is 11.8 Å². The van der Waals surface area contributed by atoms with E-state index in [9.17, 15) is 0 Å². The van der Waals surface area contributed by atoms with E-state index in [1.807, 2.05) is 0 Å². The van der Waals surface area contributed by atoms with E-state index in [0.29, 0.717) is 5.92 Å². The summed E-state index contributed by atoms with van der Waals surface area (Å²) in [4.78, 5) is 1.30. The Bertz CT molecular complexity index is 304. The summed E-state index contributed by atoms with van der Waals surface area (Å²) in [6.45, 7) is 2.17. The fourth-order valence-corrected chi connectivity index (χ4v) is 2.49. The lowest BCUT2D eigenvalue weighted by Gasteiger charge is -2.18. The maximum Gasteiger partial charge on any atom is 0.0336 e. The second kappa shape index (κ2) is 5.01. The number of rotatable bonds is 3. The first-order valence-corrected chi connectivity index (χ1v) is 6.64. The number of nitrogens with two attached hydrogens (primary N) is 1. The molecule has 0 aromatic heterocycles. The summed E-state index contributed by atoms with van der Waals surface area (Å²) in [5.74, 6) is 0.602. The molecule has 0 radical (unpaired) electrons. The highest BCUT2D eigenvalue weighted by Crippen LogP contribution is 2.25. The maximum absolute atomic E-state index is 6.25. The van der Waals surface area contributed by atoms with Gasteiger partial charge in [0.25, 0.3) is 0 Å². The van der Waals surface area contributed by atoms with Crippen LogP contribution in [-0.2, 0) is 0 Å². The third-order valence-corrected chi connectivity index (χ3v) is 3.85. The van der Waals surface area contributed by atoms with Crippen LogP contribution in [-0.4, -0.2) is 19.3 Å². The molecule has 1 aromatic carbocycles. The van der Waals surface area contributed by atoms with Gasteiger partial charge in [0, 0.05) is 10.9 Å². The zero-order valence-electron chi connectivity index (χ0n) is 9.07. The summed E-state index contributed by atoms with van der Waals surface area (Å²) in [6, 6.07) is 8.82. The van der Waals surface area contributed by atoms with Crippen LogP contribution in [0.4, 0.5) is 0 Å². The minimum Gasteiger partial charge on any atom is -0.324 e. The van der Waals surface area contributed by atoms with Crippen molar-refractivity contribution in [2.45, 2.75) is 17.4 Å². The van der Waals surface area contributed by atoms with Gasteiger partial charge in [0.15, 0.2) is 0 Å². The van der Waals surface area contributed by atoms with Crippen molar-refractivity contribution >= 4 is 11.8 Å². The van der Waals surface area contributed by atoms with E-state index in [2.05, 4.69) is 35.8 Å². The van der Waals surface area contributed by atoms with Gasteiger partial charge in [-0.15, -0.1) is 11.8 Å². The van der Waals surface area contributed by atoms with Crippen LogP contribution < -0.4 is 11.1 Å². The van der Waals surface area contributed by atoms with Gasteiger partial charge in [0.05, 0.1) is 0 Å². The van der Waals surface area contributed by atoms with Crippen molar-refractivity contribution in [2.24, 2.45) is 11.7 Å². The molecule has 3 heteroatoms. The molecule has 1 aliphatic rings. The molecule has 15 heavy (non-hydrogen) atoms. The number of nitrogens with one attached hydrogen (secondary N) is 1. The summed E-state index contributed by atoms with van der Waals surface area (Å²) < 4.78 is 0. The van der Waals surface area contributed by atoms with Crippen molar-refractivity contribution in [1.82, 2.24) is 5.32 Å². The quantitative estimate of drug-likeness (QED) is 0.768. The number of benzene rings is 1. The third kappa shape index (κ3) is 2.54. The monoisotopic (exact) mass is 222 g/mol. The molecule has 1 heterocycles. The predicted molar refractivity (Wildman–Crippen MR) is 66.1 cm³/mol. The molecule has 0 saturated carbocycles. The summed E-state index contributed by atoms with van der Waals surface area (Å²) in [5, 5.41) is 3.36. The molecule has 2 unspecified atom stereocenters. The van der Waals surface area contributed by atoms with Crippen LogP contribution in [0.2, 0.25) is 0 Å². The summed E-state index contributed by atoms with van der Waals surface area (Å²) in [5.41, 5.74) is 7.51. The van der Waals surface area contributed by atoms with E-state index in [0.717, 1.165) is 13.1 Å². The number of thioether (sulfide) groups is 1. The van der Waals surface area contributed by atoms with E-state index >= 15 is 0 Å². The molecule has 1 fully saturated rings. The highest BCUT2D eigenvalue weighted by molar-refractivity contribution is 7.98. The minimum absolute atomic E-state index is 0.191. The van der Waals surface area contributed by atoms with E-state index < -0.39 is 0 Å². The minimum atomic E-state index is 0.191. The Kier molecular flexibility index (Phi) is 3.67. The Morgan fingerprint density at radius 3 is 2.67 bits per heavy atom. The number of hydrogen-bond acceptors (Lipinski definition) is 3. The molecule has 82 valence electrons. The SMILES string of the molecule is CSc1ccc(C(N)C2CCNC2)cc1. The van der Waals surface area contributed by atoms with Crippen LogP contribution in [0.1, 0.15) is 18.0 Å². The van der Waals surface area contributed by atoms with Gasteiger partial charge in [-0.05, 0) is 49.4 Å². The zero-order chi connectivity index (χ0) is 10.7. The smallest absolute Gasteiger partial charge is 0.0336 e. The third-order valence-electron chi connectivity index (χ3n) is 3.11. The van der Waals surface area contributed by atoms with Crippen molar-refractivity contribution in [3.63, 3.8) is 0 Å². The van der Waals surface area contributed by atoms with Crippen molar-refractivity contribution in [3.8, 4) is 0 Å². The maximum atomic E-state index is 6.25. The molecular formula is C12H18N2S. The van der Waals surface area contributed by atoms with E-state index in [1.165, 1.54) is 16.9 Å². The van der Waals surface area contributed by atoms with Gasteiger partial charge in [-0.25, -0.2) is 0 Å². The predicted octanol–water partition coefficient (Wildman–Crippen LogP) is 2.02. The second-order valence-corrected chi connectivity index (χ2v) is 4.93. The van der Waals surface area contributed by atoms with Crippen LogP contribution in [0, 0.1) is 5.92 Å². The first-order valence-electron chi connectivity index (χ1n) is 5.41. The largest absolute Gasteiger partial charge is 0.324 e. The van der Waals surface area contributed by atoms with Gasteiger partial charge in [0.2, 0.25) is 0 Å². The van der Waals surface area contributed by atoms with Crippen LogP contribution in [0.25, 0.3) is 0 Å². The van der Waals surface area contributed by atoms with Gasteiger partial charge in [-0.3, -0.25) is 0 Å². The fourth-order valence-electron chi connectivity index (χ4n) is 2.08. The van der Waals surface area contributed by atoms with Crippen LogP contribution in [0.3, 0.4) is 0 Å². The Morgan fingerprint density at radius 1 is 1.40 bits per heavy atom. The lowest BCUT2D eigenvalue weighted by molar-refractivity contribution is 0.470. The average molecular weight is 222 g/mol. The first-order chi connectivity index (χ1) is 7.31. The first kappa shape index (κ1) is 11.0. The van der Waals surface area contributed by atoms with Crippen LogP contribution in [0.15, 0.2) is 29.2 Å². The van der Waals surface area contributed by atoms with Gasteiger partial charge in [-0.2, -0.15) is 0 Å². The normalized spacial score (nSPS) is 22.9. The van der Waals surface area contributed by atoms with Crippen molar-refractivity contribution < 1.29 is 0 Å². The fraction of sp³-hybridized carbons (Fsp3) is 0.500. The second-order valence-electron chi connectivity index (χ2n) is 4.05. The van der Waals surface area contributed by atoms with E-state index in [-0.39, 0.29) is 6.04 Å². The number of hydrogen-bond donors (Lipinski definition) is 2. The molecule has 1 aliphatic heterocycles. The van der Waals surface area contributed by atoms with Gasteiger partial charge in [-0.1, -0.05) is 12.1 Å². The van der Waals surface area contributed by atoms with E-state index in [4.69, 9.17) is 5.73 Å². The zero-order valence-corrected chi connectivity index (χ0v) is 9.89. The molecule has 2 nitrogen and oxygen atoms in total. The Morgan fingerprint density at radius 2 is 2.13 bits per heavy atom. The van der Waals surface area contributed by atoms with Gasteiger partial charge < -0.3 is 11.1 Å². The van der Waals surface area contributed by atoms with Crippen LogP contribution in [0.5, 0.6) is 0 Å². The highest BCUT2D eigenvalue weighted by Gasteiger charge is 2.22. The van der Waals surface area contributed by atoms with Crippen molar-refractivity contribution in [2.75, 3.05) is 19.3 Å². The highest BCUT2D eigenvalue weighted by atomic mass is 32.2. The summed E-state index contributed by atoms with van der Waals surface area (Å²) in [6.07, 6.45) is 3.29. The molecular weight excluding hydrogens is 204 g/mol. The lowest BCUT2D eigenvalue weighted by Crippen LogP contribution is -2.23. The topological polar surface area (TPSA) is 38.0 Å². The summed E-state index contributed by atoms with van der Waals surface area (Å²) in [7, 11) is 0. The molecule has 2 atom stereocenters. The van der Waals surface area contributed by atoms with Crippen molar-refractivity contribution in [3.05, 3.63) is 29.8 Å². The average Bonchev–Trinajstić information content (AvgIpc) is 2.82. The molecule has 1 saturated heterocycles.